The molecule has 94 valence electrons. The number of methoxy groups -OCH3 is 1. The number of carbonyl (C=O) groups is 1. The van der Waals surface area contributed by atoms with Crippen LogP contribution in [-0.4, -0.2) is 43.3 Å². The highest BCUT2D eigenvalue weighted by molar-refractivity contribution is 5.84. The van der Waals surface area contributed by atoms with Gasteiger partial charge >= 0.3 is 0 Å². The van der Waals surface area contributed by atoms with Crippen molar-refractivity contribution in [3.8, 4) is 0 Å². The third-order valence-electron chi connectivity index (χ3n) is 3.51. The Morgan fingerprint density at radius 2 is 2.19 bits per heavy atom. The molecule has 1 N–H and O–H groups in total. The Kier molecular flexibility index (Phi) is 5.22. The number of rotatable bonds is 6. The van der Waals surface area contributed by atoms with Crippen LogP contribution in [0.15, 0.2) is 0 Å². The fourth-order valence-corrected chi connectivity index (χ4v) is 2.15. The van der Waals surface area contributed by atoms with Crippen molar-refractivity contribution in [1.82, 2.24) is 10.2 Å². The van der Waals surface area contributed by atoms with E-state index in [1.165, 1.54) is 0 Å². The van der Waals surface area contributed by atoms with Crippen molar-refractivity contribution in [2.24, 2.45) is 5.92 Å². The van der Waals surface area contributed by atoms with Gasteiger partial charge in [-0.15, -0.1) is 0 Å². The second-order valence-electron chi connectivity index (χ2n) is 4.55. The lowest BCUT2D eigenvalue weighted by atomic mass is 9.99. The second kappa shape index (κ2) is 6.21. The van der Waals surface area contributed by atoms with Gasteiger partial charge in [-0.3, -0.25) is 10.1 Å². The molecule has 1 saturated heterocycles. The molecule has 0 aromatic rings. The van der Waals surface area contributed by atoms with Crippen molar-refractivity contribution in [1.29, 1.82) is 0 Å². The van der Waals surface area contributed by atoms with E-state index in [4.69, 9.17) is 4.74 Å². The Morgan fingerprint density at radius 3 is 2.69 bits per heavy atom. The SMILES string of the molecule is CCC(C)C1NCN(C(CC)COC)C1=O. The van der Waals surface area contributed by atoms with E-state index in [0.29, 0.717) is 19.2 Å². The molecule has 0 aromatic carbocycles. The van der Waals surface area contributed by atoms with E-state index in [-0.39, 0.29) is 18.0 Å². The molecule has 1 rings (SSSR count). The van der Waals surface area contributed by atoms with Gasteiger partial charge < -0.3 is 9.64 Å². The first-order valence-corrected chi connectivity index (χ1v) is 6.18. The molecule has 3 atom stereocenters. The van der Waals surface area contributed by atoms with E-state index in [1.807, 2.05) is 4.90 Å². The fourth-order valence-electron chi connectivity index (χ4n) is 2.15. The highest BCUT2D eigenvalue weighted by Crippen LogP contribution is 2.18. The third kappa shape index (κ3) is 2.74. The van der Waals surface area contributed by atoms with Crippen LogP contribution in [0.1, 0.15) is 33.6 Å². The Hall–Kier alpha value is -0.610. The van der Waals surface area contributed by atoms with Crippen LogP contribution in [0.5, 0.6) is 0 Å². The molecule has 1 fully saturated rings. The molecule has 4 nitrogen and oxygen atoms in total. The molecule has 1 heterocycles. The van der Waals surface area contributed by atoms with E-state index >= 15 is 0 Å². The lowest BCUT2D eigenvalue weighted by Gasteiger charge is -2.26. The summed E-state index contributed by atoms with van der Waals surface area (Å²) in [5, 5.41) is 3.30. The number of hydrogen-bond donors (Lipinski definition) is 1. The molecule has 0 aliphatic carbocycles. The normalized spacial score (nSPS) is 24.9. The molecule has 0 aromatic heterocycles. The van der Waals surface area contributed by atoms with Crippen molar-refractivity contribution >= 4 is 5.91 Å². The Labute approximate surface area is 98.3 Å². The maximum absolute atomic E-state index is 12.2. The topological polar surface area (TPSA) is 41.6 Å². The molecule has 1 aliphatic heterocycles. The number of nitrogens with zero attached hydrogens (tertiary/aromatic N) is 1. The zero-order valence-corrected chi connectivity index (χ0v) is 10.8. The van der Waals surface area contributed by atoms with Gasteiger partial charge in [0.05, 0.1) is 25.4 Å². The van der Waals surface area contributed by atoms with Crippen LogP contribution in [0.4, 0.5) is 0 Å². The summed E-state index contributed by atoms with van der Waals surface area (Å²) in [4.78, 5) is 14.1. The van der Waals surface area contributed by atoms with E-state index in [2.05, 4.69) is 26.1 Å². The molecule has 0 saturated carbocycles. The van der Waals surface area contributed by atoms with Crippen molar-refractivity contribution in [3.63, 3.8) is 0 Å². The van der Waals surface area contributed by atoms with Gasteiger partial charge in [0.1, 0.15) is 0 Å². The molecular formula is C12H24N2O2. The monoisotopic (exact) mass is 228 g/mol. The van der Waals surface area contributed by atoms with Gasteiger partial charge in [0.2, 0.25) is 5.91 Å². The number of ether oxygens (including phenoxy) is 1. The van der Waals surface area contributed by atoms with Crippen LogP contribution in [0.25, 0.3) is 0 Å². The molecule has 0 bridgehead atoms. The van der Waals surface area contributed by atoms with Crippen molar-refractivity contribution in [2.75, 3.05) is 20.4 Å². The van der Waals surface area contributed by atoms with E-state index in [0.717, 1.165) is 12.8 Å². The largest absolute Gasteiger partial charge is 0.383 e. The van der Waals surface area contributed by atoms with Gasteiger partial charge in [-0.1, -0.05) is 27.2 Å². The number of carbonyl (C=O) groups excluding carboxylic acids is 1. The van der Waals surface area contributed by atoms with Crippen LogP contribution in [-0.2, 0) is 9.53 Å². The summed E-state index contributed by atoms with van der Waals surface area (Å²) in [6.07, 6.45) is 1.97. The third-order valence-corrected chi connectivity index (χ3v) is 3.51. The maximum atomic E-state index is 12.2. The molecule has 16 heavy (non-hydrogen) atoms. The lowest BCUT2D eigenvalue weighted by molar-refractivity contribution is -0.132. The molecular weight excluding hydrogens is 204 g/mol. The summed E-state index contributed by atoms with van der Waals surface area (Å²) in [5.41, 5.74) is 0. The zero-order valence-electron chi connectivity index (χ0n) is 10.8. The summed E-state index contributed by atoms with van der Waals surface area (Å²) >= 11 is 0. The van der Waals surface area contributed by atoms with Crippen LogP contribution in [0.3, 0.4) is 0 Å². The van der Waals surface area contributed by atoms with Crippen LogP contribution in [0, 0.1) is 5.92 Å². The maximum Gasteiger partial charge on any atom is 0.241 e. The highest BCUT2D eigenvalue weighted by Gasteiger charge is 2.37. The van der Waals surface area contributed by atoms with Gasteiger partial charge in [0.15, 0.2) is 0 Å². The minimum Gasteiger partial charge on any atom is -0.383 e. The lowest BCUT2D eigenvalue weighted by Crippen LogP contribution is -2.42. The molecule has 1 amide bonds. The summed E-state index contributed by atoms with van der Waals surface area (Å²) < 4.78 is 5.16. The highest BCUT2D eigenvalue weighted by atomic mass is 16.5. The summed E-state index contributed by atoms with van der Waals surface area (Å²) in [5.74, 6) is 0.635. The van der Waals surface area contributed by atoms with Gasteiger partial charge in [-0.05, 0) is 12.3 Å². The summed E-state index contributed by atoms with van der Waals surface area (Å²) in [7, 11) is 1.68. The van der Waals surface area contributed by atoms with Crippen LogP contribution < -0.4 is 5.32 Å². The van der Waals surface area contributed by atoms with Crippen LogP contribution >= 0.6 is 0 Å². The van der Waals surface area contributed by atoms with Gasteiger partial charge in [0.25, 0.3) is 0 Å². The van der Waals surface area contributed by atoms with Crippen LogP contribution in [0.2, 0.25) is 0 Å². The van der Waals surface area contributed by atoms with E-state index in [9.17, 15) is 4.79 Å². The van der Waals surface area contributed by atoms with Gasteiger partial charge in [0, 0.05) is 7.11 Å². The Balaban J connectivity index is 2.61. The predicted molar refractivity (Wildman–Crippen MR) is 64.0 cm³/mol. The fraction of sp³-hybridized carbons (Fsp3) is 0.917. The second-order valence-corrected chi connectivity index (χ2v) is 4.55. The standard InChI is InChI=1S/C12H24N2O2/c1-5-9(3)11-12(15)14(8-13-11)10(6-2)7-16-4/h9-11,13H,5-8H2,1-4H3. The molecule has 3 unspecified atom stereocenters. The average Bonchev–Trinajstić information content (AvgIpc) is 2.67. The first-order valence-electron chi connectivity index (χ1n) is 6.18. The van der Waals surface area contributed by atoms with Crippen molar-refractivity contribution in [2.45, 2.75) is 45.7 Å². The minimum atomic E-state index is -0.00379. The molecule has 4 heteroatoms. The first kappa shape index (κ1) is 13.5. The molecule has 0 radical (unpaired) electrons. The molecule has 1 aliphatic rings. The van der Waals surface area contributed by atoms with Gasteiger partial charge in [-0.25, -0.2) is 0 Å². The molecule has 0 spiro atoms. The van der Waals surface area contributed by atoms with E-state index in [1.54, 1.807) is 7.11 Å². The van der Waals surface area contributed by atoms with Crippen molar-refractivity contribution < 1.29 is 9.53 Å². The number of nitrogens with one attached hydrogen (secondary N) is 1. The Morgan fingerprint density at radius 1 is 1.50 bits per heavy atom. The zero-order chi connectivity index (χ0) is 12.1. The Bertz CT molecular complexity index is 233. The van der Waals surface area contributed by atoms with Gasteiger partial charge in [-0.2, -0.15) is 0 Å². The number of hydrogen-bond acceptors (Lipinski definition) is 3. The first-order chi connectivity index (χ1) is 7.65. The smallest absolute Gasteiger partial charge is 0.241 e. The van der Waals surface area contributed by atoms with E-state index < -0.39 is 0 Å². The summed E-state index contributed by atoms with van der Waals surface area (Å²) in [6.45, 7) is 7.62. The summed E-state index contributed by atoms with van der Waals surface area (Å²) in [6, 6.07) is 0.204. The number of amides is 1. The van der Waals surface area contributed by atoms with Crippen molar-refractivity contribution in [3.05, 3.63) is 0 Å². The average molecular weight is 228 g/mol. The minimum absolute atomic E-state index is 0.00379. The predicted octanol–water partition coefficient (Wildman–Crippen LogP) is 1.22. The quantitative estimate of drug-likeness (QED) is 0.743.